The van der Waals surface area contributed by atoms with E-state index in [4.69, 9.17) is 5.73 Å². The van der Waals surface area contributed by atoms with Gasteiger partial charge in [0.1, 0.15) is 10.8 Å². The van der Waals surface area contributed by atoms with Crippen molar-refractivity contribution in [3.05, 3.63) is 36.4 Å². The molecule has 0 aliphatic carbocycles. The third kappa shape index (κ3) is 2.90. The van der Waals surface area contributed by atoms with E-state index in [-0.39, 0.29) is 0 Å². The highest BCUT2D eigenvalue weighted by Gasteiger charge is 2.03. The van der Waals surface area contributed by atoms with Crippen molar-refractivity contribution in [2.24, 2.45) is 0 Å². The molecule has 0 amide bonds. The molecule has 3 nitrogen and oxygen atoms in total. The van der Waals surface area contributed by atoms with Crippen LogP contribution in [0.25, 0.3) is 0 Å². The Labute approximate surface area is 103 Å². The van der Waals surface area contributed by atoms with Gasteiger partial charge in [0.2, 0.25) is 0 Å². The molecule has 1 aromatic heterocycles. The smallest absolute Gasteiger partial charge is 0.190 e. The van der Waals surface area contributed by atoms with Crippen molar-refractivity contribution in [1.82, 2.24) is 9.97 Å². The molecule has 0 bridgehead atoms. The summed E-state index contributed by atoms with van der Waals surface area (Å²) in [6.07, 6.45) is 1.94. The van der Waals surface area contributed by atoms with Gasteiger partial charge < -0.3 is 5.73 Å². The number of hydrogen-bond acceptors (Lipinski definition) is 5. The van der Waals surface area contributed by atoms with Crippen LogP contribution in [0.2, 0.25) is 0 Å². The number of nitrogens with zero attached hydrogens (tertiary/aromatic N) is 2. The van der Waals surface area contributed by atoms with Crippen molar-refractivity contribution in [2.45, 2.75) is 15.1 Å². The Morgan fingerprint density at radius 2 is 1.88 bits per heavy atom. The minimum Gasteiger partial charge on any atom is -0.384 e. The van der Waals surface area contributed by atoms with Gasteiger partial charge in [-0.3, -0.25) is 0 Å². The summed E-state index contributed by atoms with van der Waals surface area (Å²) in [6.45, 7) is 0. The van der Waals surface area contributed by atoms with Crippen molar-refractivity contribution < 1.29 is 0 Å². The van der Waals surface area contributed by atoms with Crippen LogP contribution in [0.4, 0.5) is 5.82 Å². The van der Waals surface area contributed by atoms with Crippen molar-refractivity contribution in [1.29, 1.82) is 0 Å². The van der Waals surface area contributed by atoms with E-state index >= 15 is 0 Å². The zero-order valence-electron chi connectivity index (χ0n) is 8.75. The van der Waals surface area contributed by atoms with Gasteiger partial charge in [-0.15, -0.1) is 0 Å². The van der Waals surface area contributed by atoms with Gasteiger partial charge in [-0.2, -0.15) is 0 Å². The summed E-state index contributed by atoms with van der Waals surface area (Å²) in [5.74, 6) is 0.512. The van der Waals surface area contributed by atoms with Gasteiger partial charge in [-0.1, -0.05) is 41.7 Å². The first-order chi connectivity index (χ1) is 7.78. The summed E-state index contributed by atoms with van der Waals surface area (Å²) in [7, 11) is 0. The van der Waals surface area contributed by atoms with E-state index in [1.807, 2.05) is 36.6 Å². The number of thioether (sulfide) groups is 1. The van der Waals surface area contributed by atoms with Crippen LogP contribution in [0.5, 0.6) is 0 Å². The monoisotopic (exact) mass is 249 g/mol. The summed E-state index contributed by atoms with van der Waals surface area (Å²) >= 11 is 3.08. The van der Waals surface area contributed by atoms with Crippen molar-refractivity contribution in [2.75, 3.05) is 12.0 Å². The lowest BCUT2D eigenvalue weighted by molar-refractivity contribution is 0.902. The lowest BCUT2D eigenvalue weighted by Crippen LogP contribution is -1.95. The molecule has 82 valence electrons. The number of anilines is 1. The molecule has 0 aliphatic rings. The van der Waals surface area contributed by atoms with Gasteiger partial charge in [0.05, 0.1) is 0 Å². The number of benzene rings is 1. The van der Waals surface area contributed by atoms with Crippen LogP contribution >= 0.6 is 23.5 Å². The number of aromatic nitrogens is 2. The fourth-order valence-electron chi connectivity index (χ4n) is 1.17. The predicted molar refractivity (Wildman–Crippen MR) is 68.8 cm³/mol. The van der Waals surface area contributed by atoms with E-state index in [1.54, 1.807) is 17.8 Å². The minimum absolute atomic E-state index is 0.512. The van der Waals surface area contributed by atoms with Crippen LogP contribution in [-0.2, 0) is 0 Å². The van der Waals surface area contributed by atoms with Crippen LogP contribution in [-0.4, -0.2) is 16.2 Å². The van der Waals surface area contributed by atoms with Gasteiger partial charge in [-0.05, 0) is 18.4 Å². The van der Waals surface area contributed by atoms with Crippen molar-refractivity contribution in [3.63, 3.8) is 0 Å². The second kappa shape index (κ2) is 5.23. The van der Waals surface area contributed by atoms with Crippen LogP contribution in [0.3, 0.4) is 0 Å². The Bertz CT molecular complexity index is 474. The Hall–Kier alpha value is -1.20. The van der Waals surface area contributed by atoms with Crippen molar-refractivity contribution >= 4 is 29.3 Å². The van der Waals surface area contributed by atoms with Gasteiger partial charge in [0.15, 0.2) is 5.16 Å². The number of hydrogen-bond donors (Lipinski definition) is 1. The molecule has 0 saturated carbocycles. The third-order valence-electron chi connectivity index (χ3n) is 1.85. The molecule has 16 heavy (non-hydrogen) atoms. The highest BCUT2D eigenvalue weighted by molar-refractivity contribution is 7.99. The van der Waals surface area contributed by atoms with E-state index in [0.29, 0.717) is 11.0 Å². The summed E-state index contributed by atoms with van der Waals surface area (Å²) in [6, 6.07) is 11.9. The second-order valence-electron chi connectivity index (χ2n) is 3.03. The first-order valence-corrected chi connectivity index (χ1v) is 6.73. The average Bonchev–Trinajstić information content (AvgIpc) is 2.29. The fraction of sp³-hybridized carbons (Fsp3) is 0.0909. The van der Waals surface area contributed by atoms with Crippen LogP contribution in [0, 0.1) is 0 Å². The molecule has 0 unspecified atom stereocenters. The molecule has 2 N–H and O–H groups in total. The molecule has 0 radical (unpaired) electrons. The molecule has 0 spiro atoms. The van der Waals surface area contributed by atoms with Crippen LogP contribution < -0.4 is 5.73 Å². The Morgan fingerprint density at radius 1 is 1.12 bits per heavy atom. The Kier molecular flexibility index (Phi) is 3.69. The SMILES string of the molecule is CSc1nc(N)cc(Sc2ccccc2)n1. The molecule has 2 rings (SSSR count). The lowest BCUT2D eigenvalue weighted by atomic mass is 10.4. The molecule has 1 aromatic carbocycles. The van der Waals surface area contributed by atoms with Crippen LogP contribution in [0.15, 0.2) is 51.5 Å². The summed E-state index contributed by atoms with van der Waals surface area (Å²) in [4.78, 5) is 9.64. The summed E-state index contributed by atoms with van der Waals surface area (Å²) in [5, 5.41) is 1.58. The normalized spacial score (nSPS) is 10.3. The van der Waals surface area contributed by atoms with E-state index in [0.717, 1.165) is 9.92 Å². The number of nitrogens with two attached hydrogens (primary N) is 1. The van der Waals surface area contributed by atoms with Gasteiger partial charge >= 0.3 is 0 Å². The maximum absolute atomic E-state index is 5.71. The standard InChI is InChI=1S/C11H11N3S2/c1-15-11-13-9(12)7-10(14-11)16-8-5-3-2-4-6-8/h2-7H,1H3,(H2,12,13,14). The molecule has 2 aromatic rings. The molecular formula is C11H11N3S2. The maximum Gasteiger partial charge on any atom is 0.190 e. The van der Waals surface area contributed by atoms with Gasteiger partial charge in [0.25, 0.3) is 0 Å². The fourth-order valence-corrected chi connectivity index (χ4v) is 2.46. The molecule has 5 heteroatoms. The summed E-state index contributed by atoms with van der Waals surface area (Å²) in [5.41, 5.74) is 5.71. The highest BCUT2D eigenvalue weighted by Crippen LogP contribution is 2.27. The Balaban J connectivity index is 2.24. The van der Waals surface area contributed by atoms with E-state index in [2.05, 4.69) is 9.97 Å². The largest absolute Gasteiger partial charge is 0.384 e. The van der Waals surface area contributed by atoms with E-state index in [9.17, 15) is 0 Å². The van der Waals surface area contributed by atoms with Crippen LogP contribution in [0.1, 0.15) is 0 Å². The first kappa shape index (κ1) is 11.3. The third-order valence-corrected chi connectivity index (χ3v) is 3.32. The second-order valence-corrected chi connectivity index (χ2v) is 4.90. The minimum atomic E-state index is 0.512. The zero-order chi connectivity index (χ0) is 11.4. The quantitative estimate of drug-likeness (QED) is 0.515. The molecular weight excluding hydrogens is 238 g/mol. The predicted octanol–water partition coefficient (Wildman–Crippen LogP) is 2.93. The average molecular weight is 249 g/mol. The molecule has 0 fully saturated rings. The zero-order valence-corrected chi connectivity index (χ0v) is 10.4. The maximum atomic E-state index is 5.71. The van der Waals surface area contributed by atoms with E-state index in [1.165, 1.54) is 11.8 Å². The van der Waals surface area contributed by atoms with Gasteiger partial charge in [0, 0.05) is 11.0 Å². The molecule has 0 saturated heterocycles. The van der Waals surface area contributed by atoms with Gasteiger partial charge in [-0.25, -0.2) is 9.97 Å². The van der Waals surface area contributed by atoms with E-state index < -0.39 is 0 Å². The van der Waals surface area contributed by atoms with Crippen molar-refractivity contribution in [3.8, 4) is 0 Å². The summed E-state index contributed by atoms with van der Waals surface area (Å²) < 4.78 is 0. The number of rotatable bonds is 3. The molecule has 0 atom stereocenters. The number of nitrogen functional groups attached to an aromatic ring is 1. The molecule has 1 heterocycles. The molecule has 0 aliphatic heterocycles. The first-order valence-electron chi connectivity index (χ1n) is 4.69. The topological polar surface area (TPSA) is 51.8 Å². The Morgan fingerprint density at radius 3 is 2.56 bits per heavy atom. The lowest BCUT2D eigenvalue weighted by Gasteiger charge is -2.03. The highest BCUT2D eigenvalue weighted by atomic mass is 32.2.